The lowest BCUT2D eigenvalue weighted by Gasteiger charge is -2.06. The number of nitrogens with zero attached hydrogens (tertiary/aromatic N) is 4. The van der Waals surface area contributed by atoms with Crippen LogP contribution in [0.5, 0.6) is 0 Å². The Kier molecular flexibility index (Phi) is 3.18. The molecule has 5 heteroatoms. The second kappa shape index (κ2) is 5.48. The molecule has 0 unspecified atom stereocenters. The zero-order chi connectivity index (χ0) is 15.6. The van der Waals surface area contributed by atoms with E-state index in [-0.39, 0.29) is 6.54 Å². The van der Waals surface area contributed by atoms with Gasteiger partial charge in [0.25, 0.3) is 0 Å². The van der Waals surface area contributed by atoms with Gasteiger partial charge in [-0.25, -0.2) is 0 Å². The monoisotopic (exact) mass is 299 g/mol. The van der Waals surface area contributed by atoms with E-state index in [2.05, 4.69) is 27.1 Å². The molecule has 0 saturated carbocycles. The van der Waals surface area contributed by atoms with Gasteiger partial charge in [-0.15, -0.1) is 0 Å². The van der Waals surface area contributed by atoms with Crippen molar-refractivity contribution in [3.8, 4) is 11.3 Å². The van der Waals surface area contributed by atoms with E-state index in [0.717, 1.165) is 38.8 Å². The summed E-state index contributed by atoms with van der Waals surface area (Å²) in [5, 5.41) is 5.89. The molecule has 0 aliphatic rings. The first-order valence-electron chi connectivity index (χ1n) is 7.33. The highest BCUT2D eigenvalue weighted by Gasteiger charge is 2.12. The highest BCUT2D eigenvalue weighted by molar-refractivity contribution is 6.11. The number of aromatic nitrogens is 2. The number of nitrogens with one attached hydrogen (secondary N) is 1. The number of hydrogen-bond acceptors (Lipinski definition) is 2. The summed E-state index contributed by atoms with van der Waals surface area (Å²) in [5.74, 6) is 0. The van der Waals surface area contributed by atoms with Crippen LogP contribution < -0.4 is 0 Å². The lowest BCUT2D eigenvalue weighted by atomic mass is 10.1. The number of hydrogen-bond donors (Lipinski definition) is 1. The summed E-state index contributed by atoms with van der Waals surface area (Å²) in [6.45, 7) is 0.242. The van der Waals surface area contributed by atoms with Crippen molar-refractivity contribution < 1.29 is 0 Å². The summed E-state index contributed by atoms with van der Waals surface area (Å²) in [6, 6.07) is 20.2. The summed E-state index contributed by atoms with van der Waals surface area (Å²) in [5.41, 5.74) is 13.3. The molecule has 2 aromatic heterocycles. The fraction of sp³-hybridized carbons (Fsp3) is 0.0556. The van der Waals surface area contributed by atoms with E-state index < -0.39 is 0 Å². The molecule has 2 aromatic carbocycles. The molecule has 0 aliphatic heterocycles. The van der Waals surface area contributed by atoms with Crippen LogP contribution >= 0.6 is 0 Å². The van der Waals surface area contributed by atoms with Crippen molar-refractivity contribution in [1.82, 2.24) is 9.97 Å². The van der Waals surface area contributed by atoms with E-state index in [1.807, 2.05) is 48.5 Å². The fourth-order valence-corrected chi connectivity index (χ4v) is 2.89. The minimum atomic E-state index is 0.242. The van der Waals surface area contributed by atoms with Crippen LogP contribution in [0.3, 0.4) is 0 Å². The lowest BCUT2D eigenvalue weighted by molar-refractivity contribution is 0.984. The number of aromatic amines is 1. The van der Waals surface area contributed by atoms with Crippen LogP contribution in [0.15, 0.2) is 65.8 Å². The molecule has 0 fully saturated rings. The van der Waals surface area contributed by atoms with Gasteiger partial charge in [-0.3, -0.25) is 4.98 Å². The summed E-state index contributed by atoms with van der Waals surface area (Å²) in [7, 11) is 0. The predicted octanol–water partition coefficient (Wildman–Crippen LogP) is 5.19. The van der Waals surface area contributed by atoms with Crippen LogP contribution in [-0.2, 0) is 6.54 Å². The van der Waals surface area contributed by atoms with Gasteiger partial charge in [0.15, 0.2) is 0 Å². The van der Waals surface area contributed by atoms with Crippen molar-refractivity contribution in [2.75, 3.05) is 0 Å². The maximum Gasteiger partial charge on any atom is 0.0946 e. The first kappa shape index (κ1) is 13.4. The highest BCUT2D eigenvalue weighted by atomic mass is 15.1. The van der Waals surface area contributed by atoms with Gasteiger partial charge in [0.1, 0.15) is 0 Å². The van der Waals surface area contributed by atoms with Crippen molar-refractivity contribution in [2.24, 2.45) is 5.11 Å². The zero-order valence-corrected chi connectivity index (χ0v) is 12.3. The number of azide groups is 1. The molecular formula is C18H13N5. The van der Waals surface area contributed by atoms with Gasteiger partial charge in [0, 0.05) is 32.5 Å². The van der Waals surface area contributed by atoms with E-state index in [0.29, 0.717) is 0 Å². The van der Waals surface area contributed by atoms with Crippen molar-refractivity contribution in [2.45, 2.75) is 6.54 Å². The molecule has 0 aliphatic carbocycles. The normalized spacial score (nSPS) is 10.8. The number of pyridine rings is 1. The first-order chi connectivity index (χ1) is 11.4. The molecule has 0 amide bonds. The fourth-order valence-electron chi connectivity index (χ4n) is 2.89. The second-order valence-corrected chi connectivity index (χ2v) is 5.31. The summed E-state index contributed by atoms with van der Waals surface area (Å²) >= 11 is 0. The molecule has 0 bridgehead atoms. The molecule has 0 spiro atoms. The minimum Gasteiger partial charge on any atom is -0.353 e. The third-order valence-corrected chi connectivity index (χ3v) is 3.89. The van der Waals surface area contributed by atoms with Gasteiger partial charge < -0.3 is 4.98 Å². The van der Waals surface area contributed by atoms with Gasteiger partial charge in [-0.05, 0) is 17.7 Å². The quantitative estimate of drug-likeness (QED) is 0.315. The van der Waals surface area contributed by atoms with E-state index in [1.54, 1.807) is 0 Å². The van der Waals surface area contributed by atoms with Gasteiger partial charge in [-0.2, -0.15) is 0 Å². The second-order valence-electron chi connectivity index (χ2n) is 5.31. The minimum absolute atomic E-state index is 0.242. The topological polar surface area (TPSA) is 77.4 Å². The molecule has 4 rings (SSSR count). The Balaban J connectivity index is 2.07. The maximum absolute atomic E-state index is 8.58. The molecule has 2 heterocycles. The Morgan fingerprint density at radius 1 is 1.00 bits per heavy atom. The number of benzene rings is 2. The van der Waals surface area contributed by atoms with Crippen LogP contribution in [0.1, 0.15) is 5.69 Å². The summed E-state index contributed by atoms with van der Waals surface area (Å²) in [4.78, 5) is 11.0. The van der Waals surface area contributed by atoms with Gasteiger partial charge in [0.05, 0.1) is 17.8 Å². The van der Waals surface area contributed by atoms with Crippen molar-refractivity contribution >= 4 is 21.8 Å². The molecule has 0 saturated heterocycles. The van der Waals surface area contributed by atoms with E-state index >= 15 is 0 Å². The van der Waals surface area contributed by atoms with Gasteiger partial charge in [-0.1, -0.05) is 53.6 Å². The van der Waals surface area contributed by atoms with Gasteiger partial charge >= 0.3 is 0 Å². The van der Waals surface area contributed by atoms with Crippen LogP contribution in [0.25, 0.3) is 43.5 Å². The van der Waals surface area contributed by atoms with Crippen molar-refractivity contribution in [3.63, 3.8) is 0 Å². The number of fused-ring (bicyclic) bond motifs is 3. The first-order valence-corrected chi connectivity index (χ1v) is 7.33. The molecular weight excluding hydrogens is 286 g/mol. The zero-order valence-electron chi connectivity index (χ0n) is 12.3. The third-order valence-electron chi connectivity index (χ3n) is 3.89. The molecule has 1 N–H and O–H groups in total. The van der Waals surface area contributed by atoms with Crippen LogP contribution in [0.2, 0.25) is 0 Å². The summed E-state index contributed by atoms with van der Waals surface area (Å²) < 4.78 is 0. The summed E-state index contributed by atoms with van der Waals surface area (Å²) in [6.07, 6.45) is 0. The smallest absolute Gasteiger partial charge is 0.0946 e. The lowest BCUT2D eigenvalue weighted by Crippen LogP contribution is -1.92. The Morgan fingerprint density at radius 2 is 1.78 bits per heavy atom. The SMILES string of the molecule is [N-]=[N+]=NCc1cc2c([nH]c3ccccc32)c(-c2ccccc2)n1. The number of H-pyrrole nitrogens is 1. The molecule has 23 heavy (non-hydrogen) atoms. The largest absolute Gasteiger partial charge is 0.353 e. The molecule has 4 aromatic rings. The standard InChI is InChI=1S/C18H13N5/c19-23-20-11-13-10-15-14-8-4-5-9-16(14)22-18(15)17(21-13)12-6-2-1-3-7-12/h1-10,22H,11H2. The Labute approximate surface area is 132 Å². The molecule has 0 radical (unpaired) electrons. The van der Waals surface area contributed by atoms with Crippen LogP contribution in [0.4, 0.5) is 0 Å². The molecule has 0 atom stereocenters. The molecule has 5 nitrogen and oxygen atoms in total. The van der Waals surface area contributed by atoms with Crippen molar-refractivity contribution in [1.29, 1.82) is 0 Å². The van der Waals surface area contributed by atoms with E-state index in [4.69, 9.17) is 10.5 Å². The highest BCUT2D eigenvalue weighted by Crippen LogP contribution is 2.32. The Morgan fingerprint density at radius 3 is 2.61 bits per heavy atom. The van der Waals surface area contributed by atoms with E-state index in [1.165, 1.54) is 0 Å². The molecule has 110 valence electrons. The third kappa shape index (κ3) is 2.29. The van der Waals surface area contributed by atoms with E-state index in [9.17, 15) is 0 Å². The number of rotatable bonds is 3. The maximum atomic E-state index is 8.58. The van der Waals surface area contributed by atoms with Gasteiger partial charge in [0.2, 0.25) is 0 Å². The van der Waals surface area contributed by atoms with Crippen LogP contribution in [0, 0.1) is 0 Å². The predicted molar refractivity (Wildman–Crippen MR) is 91.9 cm³/mol. The Hall–Kier alpha value is -3.30. The average Bonchev–Trinajstić information content (AvgIpc) is 2.99. The Bertz CT molecular complexity index is 1040. The number of para-hydroxylation sites is 1. The average molecular weight is 299 g/mol. The van der Waals surface area contributed by atoms with Crippen molar-refractivity contribution in [3.05, 3.63) is 76.8 Å². The van der Waals surface area contributed by atoms with Crippen LogP contribution in [-0.4, -0.2) is 9.97 Å².